The predicted molar refractivity (Wildman–Crippen MR) is 90.2 cm³/mol. The highest BCUT2D eigenvalue weighted by atomic mass is 19.1. The Labute approximate surface area is 142 Å². The molecule has 1 aliphatic rings. The molecule has 2 aromatic rings. The van der Waals surface area contributed by atoms with E-state index in [1.54, 1.807) is 12.1 Å². The second kappa shape index (κ2) is 7.26. The molecule has 0 bridgehead atoms. The van der Waals surface area contributed by atoms with Crippen molar-refractivity contribution in [1.29, 1.82) is 0 Å². The maximum absolute atomic E-state index is 13.7. The highest BCUT2D eigenvalue weighted by molar-refractivity contribution is 5.71. The van der Waals surface area contributed by atoms with Gasteiger partial charge in [0.05, 0.1) is 16.7 Å². The van der Waals surface area contributed by atoms with E-state index >= 15 is 0 Å². The minimum absolute atomic E-state index is 0.0353. The van der Waals surface area contributed by atoms with E-state index in [1.807, 2.05) is 0 Å². The summed E-state index contributed by atoms with van der Waals surface area (Å²) in [5.74, 6) is -0.888. The SMILES string of the molecule is Nc1nc(Nc2ccccc2F)nc(NCC2CCCO2)c1[N+](=O)[O-]. The quantitative estimate of drug-likeness (QED) is 0.536. The highest BCUT2D eigenvalue weighted by Crippen LogP contribution is 2.30. The molecule has 1 aliphatic heterocycles. The Morgan fingerprint density at radius 1 is 1.40 bits per heavy atom. The number of ether oxygens (including phenoxy) is 1. The van der Waals surface area contributed by atoms with Crippen molar-refractivity contribution in [1.82, 2.24) is 9.97 Å². The third-order valence-electron chi connectivity index (χ3n) is 3.74. The molecule has 0 spiro atoms. The summed E-state index contributed by atoms with van der Waals surface area (Å²) in [4.78, 5) is 18.5. The second-order valence-corrected chi connectivity index (χ2v) is 5.51. The minimum Gasteiger partial charge on any atom is -0.378 e. The first-order valence-electron chi connectivity index (χ1n) is 7.73. The monoisotopic (exact) mass is 348 g/mol. The van der Waals surface area contributed by atoms with Gasteiger partial charge in [-0.05, 0) is 25.0 Å². The van der Waals surface area contributed by atoms with Crippen molar-refractivity contribution in [3.8, 4) is 0 Å². The first kappa shape index (κ1) is 16.8. The number of rotatable bonds is 6. The lowest BCUT2D eigenvalue weighted by molar-refractivity contribution is -0.383. The van der Waals surface area contributed by atoms with E-state index in [0.29, 0.717) is 13.2 Å². The number of nitrogens with zero attached hydrogens (tertiary/aromatic N) is 3. The Morgan fingerprint density at radius 3 is 2.88 bits per heavy atom. The number of nitrogens with one attached hydrogen (secondary N) is 2. The summed E-state index contributed by atoms with van der Waals surface area (Å²) in [6, 6.07) is 5.94. The Bertz CT molecular complexity index is 782. The van der Waals surface area contributed by atoms with Gasteiger partial charge < -0.3 is 21.1 Å². The summed E-state index contributed by atoms with van der Waals surface area (Å²) in [7, 11) is 0. The fourth-order valence-electron chi connectivity index (χ4n) is 2.53. The number of aromatic nitrogens is 2. The molecule has 25 heavy (non-hydrogen) atoms. The molecule has 9 nitrogen and oxygen atoms in total. The summed E-state index contributed by atoms with van der Waals surface area (Å²) < 4.78 is 19.2. The van der Waals surface area contributed by atoms with Gasteiger partial charge in [-0.15, -0.1) is 0 Å². The van der Waals surface area contributed by atoms with E-state index in [2.05, 4.69) is 20.6 Å². The number of hydrogen-bond acceptors (Lipinski definition) is 8. The standard InChI is InChI=1S/C15H17FN6O3/c16-10-5-1-2-6-11(10)19-15-20-13(17)12(22(23)24)14(21-15)18-8-9-4-3-7-25-9/h1-2,5-6,9H,3-4,7-8H2,(H4,17,18,19,20,21). The van der Waals surface area contributed by atoms with Gasteiger partial charge in [0.25, 0.3) is 0 Å². The van der Waals surface area contributed by atoms with Crippen LogP contribution in [0, 0.1) is 15.9 Å². The molecule has 2 heterocycles. The Hall–Kier alpha value is -3.01. The first-order chi connectivity index (χ1) is 12.0. The van der Waals surface area contributed by atoms with Crippen molar-refractivity contribution in [3.63, 3.8) is 0 Å². The topological polar surface area (TPSA) is 128 Å². The molecule has 0 saturated carbocycles. The average molecular weight is 348 g/mol. The van der Waals surface area contributed by atoms with E-state index in [4.69, 9.17) is 10.5 Å². The van der Waals surface area contributed by atoms with Crippen LogP contribution in [0.1, 0.15) is 12.8 Å². The Balaban J connectivity index is 1.86. The number of anilines is 4. The third kappa shape index (κ3) is 3.91. The van der Waals surface area contributed by atoms with Crippen LogP contribution in [0.15, 0.2) is 24.3 Å². The van der Waals surface area contributed by atoms with Gasteiger partial charge in [-0.2, -0.15) is 9.97 Å². The third-order valence-corrected chi connectivity index (χ3v) is 3.74. The molecule has 10 heteroatoms. The van der Waals surface area contributed by atoms with Crippen LogP contribution in [0.3, 0.4) is 0 Å². The lowest BCUT2D eigenvalue weighted by atomic mass is 10.2. The van der Waals surface area contributed by atoms with E-state index < -0.39 is 16.4 Å². The molecule has 1 saturated heterocycles. The van der Waals surface area contributed by atoms with Crippen LogP contribution in [-0.2, 0) is 4.74 Å². The number of benzene rings is 1. The highest BCUT2D eigenvalue weighted by Gasteiger charge is 2.25. The van der Waals surface area contributed by atoms with E-state index in [9.17, 15) is 14.5 Å². The maximum atomic E-state index is 13.7. The van der Waals surface area contributed by atoms with Gasteiger partial charge in [0.2, 0.25) is 17.6 Å². The van der Waals surface area contributed by atoms with E-state index in [1.165, 1.54) is 12.1 Å². The molecule has 3 rings (SSSR count). The Morgan fingerprint density at radius 2 is 2.20 bits per heavy atom. The fourth-order valence-corrected chi connectivity index (χ4v) is 2.53. The maximum Gasteiger partial charge on any atom is 0.353 e. The molecule has 0 radical (unpaired) electrons. The van der Waals surface area contributed by atoms with Crippen molar-refractivity contribution in [3.05, 3.63) is 40.2 Å². The smallest absolute Gasteiger partial charge is 0.353 e. The van der Waals surface area contributed by atoms with E-state index in [-0.39, 0.29) is 29.4 Å². The number of para-hydroxylation sites is 1. The van der Waals surface area contributed by atoms with Gasteiger partial charge in [-0.3, -0.25) is 10.1 Å². The molecule has 1 fully saturated rings. The summed E-state index contributed by atoms with van der Waals surface area (Å²) in [5, 5.41) is 16.8. The van der Waals surface area contributed by atoms with Gasteiger partial charge in [-0.1, -0.05) is 12.1 Å². The van der Waals surface area contributed by atoms with Crippen molar-refractivity contribution < 1.29 is 14.1 Å². The van der Waals surface area contributed by atoms with Gasteiger partial charge in [0.15, 0.2) is 0 Å². The number of hydrogen-bond donors (Lipinski definition) is 3. The molecule has 1 aromatic heterocycles. The molecule has 0 amide bonds. The fraction of sp³-hybridized carbons (Fsp3) is 0.333. The molecular formula is C15H17FN6O3. The van der Waals surface area contributed by atoms with Crippen LogP contribution in [0.2, 0.25) is 0 Å². The zero-order valence-electron chi connectivity index (χ0n) is 13.2. The minimum atomic E-state index is -0.653. The number of nitrogen functional groups attached to an aromatic ring is 1. The number of nitro groups is 1. The zero-order chi connectivity index (χ0) is 17.8. The van der Waals surface area contributed by atoms with Crippen LogP contribution in [0.4, 0.5) is 33.3 Å². The Kier molecular flexibility index (Phi) is 4.89. The molecular weight excluding hydrogens is 331 g/mol. The summed E-state index contributed by atoms with van der Waals surface area (Å²) in [6.07, 6.45) is 1.76. The molecule has 1 atom stereocenters. The number of halogens is 1. The van der Waals surface area contributed by atoms with Gasteiger partial charge in [0.1, 0.15) is 5.82 Å². The van der Waals surface area contributed by atoms with Crippen LogP contribution in [0.25, 0.3) is 0 Å². The van der Waals surface area contributed by atoms with Crippen LogP contribution >= 0.6 is 0 Å². The molecule has 132 valence electrons. The van der Waals surface area contributed by atoms with Crippen molar-refractivity contribution >= 4 is 29.0 Å². The average Bonchev–Trinajstić information content (AvgIpc) is 3.08. The van der Waals surface area contributed by atoms with Gasteiger partial charge in [0, 0.05) is 13.2 Å². The zero-order valence-corrected chi connectivity index (χ0v) is 13.2. The number of nitrogens with two attached hydrogens (primary N) is 1. The van der Waals surface area contributed by atoms with Crippen LogP contribution in [0.5, 0.6) is 0 Å². The lowest BCUT2D eigenvalue weighted by Gasteiger charge is -2.13. The van der Waals surface area contributed by atoms with Crippen LogP contribution < -0.4 is 16.4 Å². The van der Waals surface area contributed by atoms with Crippen LogP contribution in [-0.4, -0.2) is 34.1 Å². The van der Waals surface area contributed by atoms with Gasteiger partial charge in [-0.25, -0.2) is 4.39 Å². The second-order valence-electron chi connectivity index (χ2n) is 5.51. The van der Waals surface area contributed by atoms with Gasteiger partial charge >= 0.3 is 5.69 Å². The van der Waals surface area contributed by atoms with E-state index in [0.717, 1.165) is 12.8 Å². The normalized spacial score (nSPS) is 16.6. The lowest BCUT2D eigenvalue weighted by Crippen LogP contribution is -2.20. The molecule has 1 unspecified atom stereocenters. The molecule has 4 N–H and O–H groups in total. The predicted octanol–water partition coefficient (Wildman–Crippen LogP) is 2.44. The largest absolute Gasteiger partial charge is 0.378 e. The summed E-state index contributed by atoms with van der Waals surface area (Å²) >= 11 is 0. The summed E-state index contributed by atoms with van der Waals surface area (Å²) in [5.41, 5.74) is 5.42. The van der Waals surface area contributed by atoms with Crippen molar-refractivity contribution in [2.24, 2.45) is 0 Å². The molecule has 0 aliphatic carbocycles. The summed E-state index contributed by atoms with van der Waals surface area (Å²) in [6.45, 7) is 1.02. The molecule has 1 aromatic carbocycles. The van der Waals surface area contributed by atoms with Crippen molar-refractivity contribution in [2.45, 2.75) is 18.9 Å². The first-order valence-corrected chi connectivity index (χ1v) is 7.73. The van der Waals surface area contributed by atoms with Crippen molar-refractivity contribution in [2.75, 3.05) is 29.5 Å².